The van der Waals surface area contributed by atoms with Crippen LogP contribution >= 0.6 is 0 Å². The minimum atomic E-state index is -1.03. The molecule has 39 heavy (non-hydrogen) atoms. The van der Waals surface area contributed by atoms with Gasteiger partial charge in [-0.2, -0.15) is 0 Å². The normalized spacial score (nSPS) is 21.7. The highest BCUT2D eigenvalue weighted by Crippen LogP contribution is 2.36. The summed E-state index contributed by atoms with van der Waals surface area (Å²) in [6.07, 6.45) is -1.74. The Morgan fingerprint density at radius 3 is 2.51 bits per heavy atom. The molecule has 0 saturated carbocycles. The molecular formula is C29H40N2O8. The number of ether oxygens (including phenoxy) is 5. The summed E-state index contributed by atoms with van der Waals surface area (Å²) >= 11 is 0. The van der Waals surface area contributed by atoms with E-state index in [1.165, 1.54) is 4.90 Å². The highest BCUT2D eigenvalue weighted by Gasteiger charge is 2.41. The first kappa shape index (κ1) is 28.9. The van der Waals surface area contributed by atoms with Crippen LogP contribution in [0.15, 0.2) is 42.5 Å². The number of methoxy groups -OCH3 is 2. The number of carbonyl (C=O) groups is 1. The van der Waals surface area contributed by atoms with E-state index in [2.05, 4.69) is 11.0 Å². The summed E-state index contributed by atoms with van der Waals surface area (Å²) in [4.78, 5) is 15.6. The molecule has 2 aliphatic rings. The van der Waals surface area contributed by atoms with Gasteiger partial charge < -0.3 is 43.7 Å². The largest absolute Gasteiger partial charge is 0.497 e. The Kier molecular flexibility index (Phi) is 10.3. The second-order valence-corrected chi connectivity index (χ2v) is 10.0. The number of benzene rings is 2. The molecule has 4 rings (SSSR count). The van der Waals surface area contributed by atoms with Crippen molar-refractivity contribution in [2.75, 3.05) is 65.1 Å². The van der Waals surface area contributed by atoms with E-state index in [0.29, 0.717) is 19.8 Å². The summed E-state index contributed by atoms with van der Waals surface area (Å²) < 4.78 is 29.0. The maximum absolute atomic E-state index is 12.0. The van der Waals surface area contributed by atoms with E-state index in [-0.39, 0.29) is 25.6 Å². The van der Waals surface area contributed by atoms with E-state index >= 15 is 0 Å². The first-order chi connectivity index (χ1) is 18.9. The van der Waals surface area contributed by atoms with Crippen molar-refractivity contribution in [1.82, 2.24) is 4.90 Å². The van der Waals surface area contributed by atoms with Crippen LogP contribution in [0.25, 0.3) is 0 Å². The molecule has 2 aliphatic heterocycles. The van der Waals surface area contributed by atoms with Crippen LogP contribution in [0.3, 0.4) is 0 Å². The van der Waals surface area contributed by atoms with Crippen molar-refractivity contribution >= 4 is 11.8 Å². The summed E-state index contributed by atoms with van der Waals surface area (Å²) in [5.74, 6) is 1.34. The lowest BCUT2D eigenvalue weighted by molar-refractivity contribution is -0.101. The number of aliphatic hydroxyl groups is 1. The first-order valence-electron chi connectivity index (χ1n) is 13.4. The fourth-order valence-electron chi connectivity index (χ4n) is 5.21. The number of fused-ring (bicyclic) bond motifs is 1. The lowest BCUT2D eigenvalue weighted by atomic mass is 9.84. The van der Waals surface area contributed by atoms with E-state index < -0.39 is 24.4 Å². The molecule has 2 heterocycles. The van der Waals surface area contributed by atoms with Crippen LogP contribution in [0.2, 0.25) is 0 Å². The smallest absolute Gasteiger partial charge is 0.407 e. The van der Waals surface area contributed by atoms with Gasteiger partial charge in [0.05, 0.1) is 64.0 Å². The molecule has 214 valence electrons. The van der Waals surface area contributed by atoms with Gasteiger partial charge in [-0.3, -0.25) is 0 Å². The highest BCUT2D eigenvalue weighted by molar-refractivity contribution is 5.65. The second-order valence-electron chi connectivity index (χ2n) is 10.0. The quantitative estimate of drug-likeness (QED) is 0.389. The molecule has 10 heteroatoms. The van der Waals surface area contributed by atoms with Crippen molar-refractivity contribution in [3.05, 3.63) is 53.6 Å². The van der Waals surface area contributed by atoms with Gasteiger partial charge in [-0.25, -0.2) is 4.79 Å². The van der Waals surface area contributed by atoms with Gasteiger partial charge in [-0.15, -0.1) is 0 Å². The molecule has 0 aromatic heterocycles. The molecule has 1 fully saturated rings. The molecule has 4 atom stereocenters. The molecule has 2 aromatic carbocycles. The number of hydrogen-bond donors (Lipinski definition) is 2. The first-order valence-corrected chi connectivity index (χ1v) is 13.4. The molecule has 0 unspecified atom stereocenters. The Labute approximate surface area is 230 Å². The Hall–Kier alpha value is -3.05. The molecule has 2 aromatic rings. The monoisotopic (exact) mass is 544 g/mol. The molecule has 1 saturated heterocycles. The van der Waals surface area contributed by atoms with Crippen LogP contribution in [0, 0.1) is 0 Å². The Balaban J connectivity index is 1.56. The van der Waals surface area contributed by atoms with Crippen LogP contribution in [0.1, 0.15) is 30.4 Å². The zero-order valence-corrected chi connectivity index (χ0v) is 23.0. The fraction of sp³-hybridized carbons (Fsp3) is 0.552. The predicted molar refractivity (Wildman–Crippen MR) is 146 cm³/mol. The van der Waals surface area contributed by atoms with Gasteiger partial charge >= 0.3 is 6.09 Å². The number of rotatable bonds is 12. The number of amides is 1. The average Bonchev–Trinajstić information content (AvgIpc) is 2.94. The standard InChI is InChI=1S/C29H40N2O8/c1-20(32)18-38-26-16-31(29(33)34)17-27(28(26)22-6-8-23(36-3)9-7-22)39-19-21-5-10-25-24(15-21)30(12-14-37-25)11-4-13-35-2/h5-10,15,20,26-28,32H,4,11-14,16-19H2,1-3H3,(H,33,34)/t20-,26+,27-,28-/m0/s1. The minimum Gasteiger partial charge on any atom is -0.497 e. The number of hydrogen-bond acceptors (Lipinski definition) is 8. The van der Waals surface area contributed by atoms with E-state index in [4.69, 9.17) is 23.7 Å². The van der Waals surface area contributed by atoms with E-state index in [0.717, 1.165) is 47.8 Å². The zero-order valence-electron chi connectivity index (χ0n) is 23.0. The van der Waals surface area contributed by atoms with Crippen molar-refractivity contribution in [1.29, 1.82) is 0 Å². The number of likely N-dealkylation sites (tertiary alicyclic amines) is 1. The maximum Gasteiger partial charge on any atom is 0.407 e. The molecule has 0 aliphatic carbocycles. The van der Waals surface area contributed by atoms with E-state index in [1.54, 1.807) is 21.1 Å². The molecular weight excluding hydrogens is 504 g/mol. The van der Waals surface area contributed by atoms with Crippen molar-refractivity contribution < 1.29 is 38.7 Å². The lowest BCUT2D eigenvalue weighted by Crippen LogP contribution is -2.54. The fourth-order valence-corrected chi connectivity index (χ4v) is 5.21. The van der Waals surface area contributed by atoms with Gasteiger partial charge in [0, 0.05) is 26.2 Å². The molecule has 0 radical (unpaired) electrons. The number of anilines is 1. The van der Waals surface area contributed by atoms with Crippen LogP contribution in [-0.2, 0) is 20.8 Å². The van der Waals surface area contributed by atoms with Crippen molar-refractivity contribution in [2.24, 2.45) is 0 Å². The van der Waals surface area contributed by atoms with Crippen molar-refractivity contribution in [2.45, 2.75) is 44.2 Å². The molecule has 0 spiro atoms. The number of nitrogens with zero attached hydrogens (tertiary/aromatic N) is 2. The number of carboxylic acid groups (broad SMARTS) is 1. The van der Waals surface area contributed by atoms with E-state index in [9.17, 15) is 15.0 Å². The minimum absolute atomic E-state index is 0.0984. The topological polar surface area (TPSA) is 110 Å². The summed E-state index contributed by atoms with van der Waals surface area (Å²) in [5, 5.41) is 19.7. The zero-order chi connectivity index (χ0) is 27.8. The number of piperidine rings is 1. The highest BCUT2D eigenvalue weighted by atomic mass is 16.5. The average molecular weight is 545 g/mol. The van der Waals surface area contributed by atoms with Gasteiger partial charge in [-0.05, 0) is 48.7 Å². The lowest BCUT2D eigenvalue weighted by Gasteiger charge is -2.42. The number of aliphatic hydroxyl groups excluding tert-OH is 1. The third-order valence-corrected chi connectivity index (χ3v) is 7.15. The van der Waals surface area contributed by atoms with Gasteiger partial charge in [-0.1, -0.05) is 18.2 Å². The molecule has 10 nitrogen and oxygen atoms in total. The third kappa shape index (κ3) is 7.54. The van der Waals surface area contributed by atoms with Crippen molar-refractivity contribution in [3.8, 4) is 11.5 Å². The van der Waals surface area contributed by atoms with Crippen molar-refractivity contribution in [3.63, 3.8) is 0 Å². The summed E-state index contributed by atoms with van der Waals surface area (Å²) in [5.41, 5.74) is 2.96. The molecule has 2 N–H and O–H groups in total. The summed E-state index contributed by atoms with van der Waals surface area (Å²) in [6.45, 7) is 5.44. The predicted octanol–water partition coefficient (Wildman–Crippen LogP) is 3.36. The van der Waals surface area contributed by atoms with Gasteiger partial charge in [0.15, 0.2) is 0 Å². The van der Waals surface area contributed by atoms with Gasteiger partial charge in [0.1, 0.15) is 18.1 Å². The summed E-state index contributed by atoms with van der Waals surface area (Å²) in [6, 6.07) is 13.7. The summed E-state index contributed by atoms with van der Waals surface area (Å²) in [7, 11) is 3.32. The van der Waals surface area contributed by atoms with E-state index in [1.807, 2.05) is 36.4 Å². The Morgan fingerprint density at radius 1 is 1.10 bits per heavy atom. The van der Waals surface area contributed by atoms with Crippen LogP contribution in [0.5, 0.6) is 11.5 Å². The molecule has 0 bridgehead atoms. The van der Waals surface area contributed by atoms with Crippen LogP contribution in [0.4, 0.5) is 10.5 Å². The van der Waals surface area contributed by atoms with Crippen LogP contribution in [-0.4, -0.2) is 99.7 Å². The Bertz CT molecular complexity index is 1060. The van der Waals surface area contributed by atoms with Gasteiger partial charge in [0.2, 0.25) is 0 Å². The third-order valence-electron chi connectivity index (χ3n) is 7.15. The maximum atomic E-state index is 12.0. The van der Waals surface area contributed by atoms with Crippen LogP contribution < -0.4 is 14.4 Å². The van der Waals surface area contributed by atoms with Gasteiger partial charge in [0.25, 0.3) is 0 Å². The SMILES string of the molecule is COCCCN1CCOc2ccc(CO[C@H]3CN(C(=O)O)C[C@@H](OC[C@H](C)O)[C@@H]3c3ccc(OC)cc3)cc21. The Morgan fingerprint density at radius 2 is 1.85 bits per heavy atom. The molecule has 1 amide bonds. The second kappa shape index (κ2) is 13.8.